The first-order valence-corrected chi connectivity index (χ1v) is 8.75. The minimum Gasteiger partial charge on any atom is -0.393 e. The van der Waals surface area contributed by atoms with Crippen molar-refractivity contribution in [3.63, 3.8) is 0 Å². The number of hydrogen-bond donors (Lipinski definition) is 2. The largest absolute Gasteiger partial charge is 0.393 e. The minimum absolute atomic E-state index is 0.0831. The Morgan fingerprint density at radius 3 is 2.43 bits per heavy atom. The van der Waals surface area contributed by atoms with Gasteiger partial charge in [0.2, 0.25) is 0 Å². The van der Waals surface area contributed by atoms with E-state index in [1.165, 1.54) is 25.7 Å². The first kappa shape index (κ1) is 17.0. The summed E-state index contributed by atoms with van der Waals surface area (Å²) in [6, 6.07) is 0. The van der Waals surface area contributed by atoms with Crippen molar-refractivity contribution in [2.24, 2.45) is 29.1 Å². The third-order valence-corrected chi connectivity index (χ3v) is 6.61. The topological polar surface area (TPSA) is 40.5 Å². The van der Waals surface area contributed by atoms with Gasteiger partial charge < -0.3 is 10.2 Å². The Labute approximate surface area is 130 Å². The third kappa shape index (κ3) is 3.37. The molecule has 0 aromatic heterocycles. The molecule has 2 heteroatoms. The van der Waals surface area contributed by atoms with Crippen molar-refractivity contribution in [2.45, 2.75) is 78.4 Å². The zero-order chi connectivity index (χ0) is 15.8. The molecule has 2 fully saturated rings. The van der Waals surface area contributed by atoms with Crippen molar-refractivity contribution in [3.8, 4) is 0 Å². The zero-order valence-corrected chi connectivity index (χ0v) is 14.5. The Bertz CT molecular complexity index is 382. The van der Waals surface area contributed by atoms with Crippen LogP contribution < -0.4 is 0 Å². The molecule has 0 aromatic rings. The lowest BCUT2D eigenvalue weighted by molar-refractivity contribution is -0.0232. The van der Waals surface area contributed by atoms with Crippen LogP contribution in [0.15, 0.2) is 12.2 Å². The van der Waals surface area contributed by atoms with Crippen LogP contribution in [0.1, 0.15) is 66.7 Å². The fourth-order valence-corrected chi connectivity index (χ4v) is 4.76. The molecule has 0 aliphatic heterocycles. The average Bonchev–Trinajstić information content (AvgIpc) is 2.73. The summed E-state index contributed by atoms with van der Waals surface area (Å²) in [5.74, 6) is 1.86. The predicted molar refractivity (Wildman–Crippen MR) is 87.9 cm³/mol. The van der Waals surface area contributed by atoms with E-state index in [4.69, 9.17) is 0 Å². The Hall–Kier alpha value is -0.340. The molecule has 21 heavy (non-hydrogen) atoms. The lowest BCUT2D eigenvalue weighted by Crippen LogP contribution is -2.41. The fourth-order valence-electron chi connectivity index (χ4n) is 4.76. The first-order valence-electron chi connectivity index (χ1n) is 8.75. The number of hydrogen-bond acceptors (Lipinski definition) is 2. The summed E-state index contributed by atoms with van der Waals surface area (Å²) in [5.41, 5.74) is -0.348. The molecule has 0 aromatic carbocycles. The number of rotatable bonds is 4. The van der Waals surface area contributed by atoms with Gasteiger partial charge in [-0.05, 0) is 62.7 Å². The van der Waals surface area contributed by atoms with Crippen LogP contribution in [0, 0.1) is 29.1 Å². The monoisotopic (exact) mass is 294 g/mol. The van der Waals surface area contributed by atoms with E-state index in [0.29, 0.717) is 23.2 Å². The molecule has 2 aliphatic rings. The maximum Gasteiger partial charge on any atom is 0.0651 e. The highest BCUT2D eigenvalue weighted by atomic mass is 16.3. The van der Waals surface area contributed by atoms with Crippen molar-refractivity contribution >= 4 is 0 Å². The van der Waals surface area contributed by atoms with Gasteiger partial charge in [0.15, 0.2) is 0 Å². The van der Waals surface area contributed by atoms with E-state index >= 15 is 0 Å². The summed E-state index contributed by atoms with van der Waals surface area (Å²) >= 11 is 0. The Balaban J connectivity index is 2.06. The van der Waals surface area contributed by atoms with Crippen LogP contribution in [0.5, 0.6) is 0 Å². The Morgan fingerprint density at radius 2 is 1.81 bits per heavy atom. The molecule has 0 radical (unpaired) electrons. The van der Waals surface area contributed by atoms with Crippen LogP contribution in [-0.4, -0.2) is 21.9 Å². The van der Waals surface area contributed by atoms with E-state index in [-0.39, 0.29) is 12.0 Å². The number of fused-ring (bicyclic) bond motifs is 1. The molecule has 2 N–H and O–H groups in total. The summed E-state index contributed by atoms with van der Waals surface area (Å²) < 4.78 is 0. The minimum atomic E-state index is -0.653. The van der Waals surface area contributed by atoms with Gasteiger partial charge in [0.05, 0.1) is 11.7 Å². The smallest absolute Gasteiger partial charge is 0.0651 e. The van der Waals surface area contributed by atoms with Crippen LogP contribution >= 0.6 is 0 Å². The zero-order valence-electron chi connectivity index (χ0n) is 14.5. The van der Waals surface area contributed by atoms with Crippen LogP contribution in [0.3, 0.4) is 0 Å². The molecule has 0 unspecified atom stereocenters. The summed E-state index contributed by atoms with van der Waals surface area (Å²) in [5, 5.41) is 20.4. The second-order valence-electron chi connectivity index (χ2n) is 8.44. The number of allylic oxidation sites excluding steroid dienone is 1. The fraction of sp³-hybridized carbons (Fsp3) is 0.895. The summed E-state index contributed by atoms with van der Waals surface area (Å²) in [6.07, 6.45) is 10.2. The second kappa shape index (κ2) is 6.04. The van der Waals surface area contributed by atoms with Gasteiger partial charge in [-0.15, -0.1) is 0 Å². The van der Waals surface area contributed by atoms with Gasteiger partial charge in [0.1, 0.15) is 0 Å². The molecule has 6 atom stereocenters. The lowest BCUT2D eigenvalue weighted by atomic mass is 9.62. The van der Waals surface area contributed by atoms with Crippen molar-refractivity contribution in [1.29, 1.82) is 0 Å². The molecule has 2 nitrogen and oxygen atoms in total. The molecule has 0 spiro atoms. The summed E-state index contributed by atoms with van der Waals surface area (Å²) in [7, 11) is 0. The lowest BCUT2D eigenvalue weighted by Gasteiger charge is -2.44. The van der Waals surface area contributed by atoms with Crippen molar-refractivity contribution in [2.75, 3.05) is 0 Å². The second-order valence-corrected chi connectivity index (χ2v) is 8.44. The average molecular weight is 294 g/mol. The molecule has 2 aliphatic carbocycles. The molecule has 2 saturated carbocycles. The third-order valence-electron chi connectivity index (χ3n) is 6.61. The van der Waals surface area contributed by atoms with Crippen LogP contribution in [0.2, 0.25) is 0 Å². The Kier molecular flexibility index (Phi) is 4.90. The van der Waals surface area contributed by atoms with Crippen LogP contribution in [-0.2, 0) is 0 Å². The molecular formula is C19H34O2. The quantitative estimate of drug-likeness (QED) is 0.764. The first-order chi connectivity index (χ1) is 9.66. The molecule has 0 heterocycles. The maximum absolute atomic E-state index is 10.3. The SMILES string of the molecule is C[C@H](C=C[C@@H](C)C(C)(C)O)[C@H]1CC[C@H]2[C@@H](O)CCC[C@]12C. The van der Waals surface area contributed by atoms with Gasteiger partial charge in [-0.2, -0.15) is 0 Å². The van der Waals surface area contributed by atoms with E-state index in [9.17, 15) is 10.2 Å². The maximum atomic E-state index is 10.3. The molecule has 0 amide bonds. The summed E-state index contributed by atoms with van der Waals surface area (Å²) in [4.78, 5) is 0. The highest BCUT2D eigenvalue weighted by Gasteiger charge is 2.51. The molecule has 122 valence electrons. The van der Waals surface area contributed by atoms with Gasteiger partial charge in [-0.3, -0.25) is 0 Å². The van der Waals surface area contributed by atoms with E-state index < -0.39 is 5.60 Å². The van der Waals surface area contributed by atoms with Gasteiger partial charge in [0.25, 0.3) is 0 Å². The van der Waals surface area contributed by atoms with E-state index in [1.54, 1.807) is 0 Å². The highest BCUT2D eigenvalue weighted by molar-refractivity contribution is 5.06. The molecule has 0 bridgehead atoms. The summed E-state index contributed by atoms with van der Waals surface area (Å²) in [6.45, 7) is 10.5. The normalized spacial score (nSPS) is 40.2. The van der Waals surface area contributed by atoms with Crippen LogP contribution in [0.4, 0.5) is 0 Å². The van der Waals surface area contributed by atoms with Crippen molar-refractivity contribution < 1.29 is 10.2 Å². The molecule has 0 saturated heterocycles. The predicted octanol–water partition coefficient (Wildman–Crippen LogP) is 4.16. The molecule has 2 rings (SSSR count). The van der Waals surface area contributed by atoms with Gasteiger partial charge in [-0.1, -0.05) is 39.3 Å². The molecular weight excluding hydrogens is 260 g/mol. The van der Waals surface area contributed by atoms with E-state index in [2.05, 4.69) is 32.9 Å². The van der Waals surface area contributed by atoms with Gasteiger partial charge in [-0.25, -0.2) is 0 Å². The number of aliphatic hydroxyl groups is 2. The highest BCUT2D eigenvalue weighted by Crippen LogP contribution is 2.57. The number of aliphatic hydroxyl groups excluding tert-OH is 1. The van der Waals surface area contributed by atoms with Crippen molar-refractivity contribution in [1.82, 2.24) is 0 Å². The Morgan fingerprint density at radius 1 is 1.14 bits per heavy atom. The van der Waals surface area contributed by atoms with Crippen LogP contribution in [0.25, 0.3) is 0 Å². The van der Waals surface area contributed by atoms with E-state index in [1.807, 2.05) is 13.8 Å². The van der Waals surface area contributed by atoms with Gasteiger partial charge >= 0.3 is 0 Å². The van der Waals surface area contributed by atoms with E-state index in [0.717, 1.165) is 6.42 Å². The van der Waals surface area contributed by atoms with Crippen molar-refractivity contribution in [3.05, 3.63) is 12.2 Å². The standard InChI is InChI=1S/C19H34O2/c1-13(8-9-14(2)18(3,4)21)15-10-11-16-17(20)7-6-12-19(15,16)5/h8-9,13-17,20-21H,6-7,10-12H2,1-5H3/t13-,14-,15-,16+,17+,19-/m1/s1. The van der Waals surface area contributed by atoms with Gasteiger partial charge in [0, 0.05) is 5.92 Å².